The Kier molecular flexibility index (Phi) is 6.02. The van der Waals surface area contributed by atoms with Crippen molar-refractivity contribution in [3.63, 3.8) is 0 Å². The van der Waals surface area contributed by atoms with Gasteiger partial charge < -0.3 is 5.32 Å². The van der Waals surface area contributed by atoms with Crippen LogP contribution in [0.5, 0.6) is 0 Å². The summed E-state index contributed by atoms with van der Waals surface area (Å²) in [5, 5.41) is 2.33. The van der Waals surface area contributed by atoms with Crippen molar-refractivity contribution in [1.29, 1.82) is 0 Å². The lowest BCUT2D eigenvalue weighted by Crippen LogP contribution is -2.40. The molecule has 6 heteroatoms. The second-order valence-corrected chi connectivity index (χ2v) is 4.07. The zero-order valence-electron chi connectivity index (χ0n) is 8.70. The van der Waals surface area contributed by atoms with Crippen molar-refractivity contribution >= 4 is 17.5 Å². The van der Waals surface area contributed by atoms with Crippen LogP contribution in [0.25, 0.3) is 0 Å². The van der Waals surface area contributed by atoms with E-state index in [1.807, 2.05) is 13.8 Å². The Morgan fingerprint density at radius 3 is 2.27 bits per heavy atom. The summed E-state index contributed by atoms with van der Waals surface area (Å²) in [5.41, 5.74) is 0. The molecule has 0 aromatic heterocycles. The maximum Gasteiger partial charge on any atom is 0.397 e. The Hall–Kier alpha value is -0.450. The number of rotatable bonds is 5. The van der Waals surface area contributed by atoms with Gasteiger partial charge in [0, 0.05) is 11.9 Å². The molecule has 0 aliphatic rings. The van der Waals surface area contributed by atoms with Crippen molar-refractivity contribution in [2.24, 2.45) is 5.92 Å². The molecule has 2 nitrogen and oxygen atoms in total. The molecule has 0 aromatic rings. The fourth-order valence-corrected chi connectivity index (χ4v) is 1.36. The van der Waals surface area contributed by atoms with E-state index in [0.29, 0.717) is 12.3 Å². The van der Waals surface area contributed by atoms with Gasteiger partial charge in [-0.05, 0) is 12.3 Å². The van der Waals surface area contributed by atoms with Gasteiger partial charge in [-0.1, -0.05) is 13.8 Å². The smallest absolute Gasteiger partial charge is 0.353 e. The zero-order valence-corrected chi connectivity index (χ0v) is 9.45. The molecule has 0 fully saturated rings. The van der Waals surface area contributed by atoms with Crippen LogP contribution in [0.1, 0.15) is 26.7 Å². The van der Waals surface area contributed by atoms with Crippen LogP contribution >= 0.6 is 11.6 Å². The topological polar surface area (TPSA) is 29.1 Å². The van der Waals surface area contributed by atoms with Gasteiger partial charge in [-0.25, -0.2) is 0 Å². The number of hydrogen-bond donors (Lipinski definition) is 1. The van der Waals surface area contributed by atoms with Crippen LogP contribution in [0, 0.1) is 5.92 Å². The third kappa shape index (κ3) is 7.48. The third-order valence-electron chi connectivity index (χ3n) is 1.93. The van der Waals surface area contributed by atoms with Crippen LogP contribution in [-0.2, 0) is 4.79 Å². The molecule has 0 aromatic carbocycles. The SMILES string of the molecule is CC(C)C(CCCl)NC(=O)CC(F)(F)F. The zero-order chi connectivity index (χ0) is 12.1. The molecule has 1 amide bonds. The summed E-state index contributed by atoms with van der Waals surface area (Å²) in [5.74, 6) is -0.609. The Labute approximate surface area is 92.2 Å². The Morgan fingerprint density at radius 1 is 1.40 bits per heavy atom. The maximum atomic E-state index is 11.9. The largest absolute Gasteiger partial charge is 0.397 e. The minimum atomic E-state index is -4.45. The van der Waals surface area contributed by atoms with Crippen molar-refractivity contribution < 1.29 is 18.0 Å². The first-order chi connectivity index (χ1) is 6.76. The summed E-state index contributed by atoms with van der Waals surface area (Å²) in [4.78, 5) is 11.0. The predicted molar refractivity (Wildman–Crippen MR) is 52.8 cm³/mol. The highest BCUT2D eigenvalue weighted by atomic mass is 35.5. The Bertz CT molecular complexity index is 206. The highest BCUT2D eigenvalue weighted by Gasteiger charge is 2.32. The number of hydrogen-bond acceptors (Lipinski definition) is 1. The lowest BCUT2D eigenvalue weighted by atomic mass is 10.0. The Morgan fingerprint density at radius 2 is 1.93 bits per heavy atom. The number of amides is 1. The molecule has 0 spiro atoms. The van der Waals surface area contributed by atoms with Crippen LogP contribution in [0.3, 0.4) is 0 Å². The van der Waals surface area contributed by atoms with Gasteiger partial charge in [0.2, 0.25) is 5.91 Å². The molecule has 90 valence electrons. The molecule has 0 aliphatic heterocycles. The third-order valence-corrected chi connectivity index (χ3v) is 2.15. The molecule has 0 heterocycles. The number of carbonyl (C=O) groups excluding carboxylic acids is 1. The average molecular weight is 246 g/mol. The second-order valence-electron chi connectivity index (χ2n) is 3.69. The van der Waals surface area contributed by atoms with Gasteiger partial charge in [-0.2, -0.15) is 13.2 Å². The van der Waals surface area contributed by atoms with E-state index in [-0.39, 0.29) is 12.0 Å². The average Bonchev–Trinajstić information content (AvgIpc) is 1.99. The van der Waals surface area contributed by atoms with Gasteiger partial charge in [-0.15, -0.1) is 11.6 Å². The van der Waals surface area contributed by atoms with Gasteiger partial charge in [-0.3, -0.25) is 4.79 Å². The summed E-state index contributed by atoms with van der Waals surface area (Å²) in [6.45, 7) is 3.65. The summed E-state index contributed by atoms with van der Waals surface area (Å²) in [6.07, 6.45) is -5.41. The molecule has 1 atom stereocenters. The number of halogens is 4. The van der Waals surface area contributed by atoms with Crippen LogP contribution < -0.4 is 5.32 Å². The summed E-state index contributed by atoms with van der Waals surface area (Å²) < 4.78 is 35.6. The van der Waals surface area contributed by atoms with Crippen molar-refractivity contribution in [3.05, 3.63) is 0 Å². The number of nitrogens with one attached hydrogen (secondary N) is 1. The van der Waals surface area contributed by atoms with Crippen molar-refractivity contribution in [2.75, 3.05) is 5.88 Å². The predicted octanol–water partition coefficient (Wildman–Crippen LogP) is 2.71. The molecular formula is C9H15ClF3NO. The van der Waals surface area contributed by atoms with Gasteiger partial charge in [0.15, 0.2) is 0 Å². The van der Waals surface area contributed by atoms with Crippen LogP contribution in [0.4, 0.5) is 13.2 Å². The van der Waals surface area contributed by atoms with Crippen molar-refractivity contribution in [3.8, 4) is 0 Å². The number of carbonyl (C=O) groups is 1. The van der Waals surface area contributed by atoms with E-state index in [1.165, 1.54) is 0 Å². The van der Waals surface area contributed by atoms with Gasteiger partial charge >= 0.3 is 6.18 Å². The fourth-order valence-electron chi connectivity index (χ4n) is 1.13. The summed E-state index contributed by atoms with van der Waals surface area (Å²) in [7, 11) is 0. The summed E-state index contributed by atoms with van der Waals surface area (Å²) in [6, 6.07) is -0.294. The van der Waals surface area contributed by atoms with E-state index in [9.17, 15) is 18.0 Å². The molecule has 0 rings (SSSR count). The standard InChI is InChI=1S/C9H15ClF3NO/c1-6(2)7(3-4-10)14-8(15)5-9(11,12)13/h6-7H,3-5H2,1-2H3,(H,14,15). The van der Waals surface area contributed by atoms with Crippen LogP contribution in [-0.4, -0.2) is 24.0 Å². The normalized spacial score (nSPS) is 14.1. The molecule has 0 saturated carbocycles. The number of alkyl halides is 4. The maximum absolute atomic E-state index is 11.9. The minimum absolute atomic E-state index is 0.0703. The lowest BCUT2D eigenvalue weighted by molar-refractivity contribution is -0.154. The quantitative estimate of drug-likeness (QED) is 0.742. The van der Waals surface area contributed by atoms with Gasteiger partial charge in [0.05, 0.1) is 0 Å². The Balaban J connectivity index is 4.11. The van der Waals surface area contributed by atoms with Gasteiger partial charge in [0.1, 0.15) is 6.42 Å². The first-order valence-electron chi connectivity index (χ1n) is 4.68. The highest BCUT2D eigenvalue weighted by molar-refractivity contribution is 6.17. The minimum Gasteiger partial charge on any atom is -0.353 e. The van der Waals surface area contributed by atoms with E-state index in [4.69, 9.17) is 11.6 Å². The van der Waals surface area contributed by atoms with Crippen LogP contribution in [0.2, 0.25) is 0 Å². The second kappa shape index (κ2) is 6.20. The molecule has 0 bridgehead atoms. The molecule has 1 unspecified atom stereocenters. The van der Waals surface area contributed by atoms with E-state index < -0.39 is 18.5 Å². The molecular weight excluding hydrogens is 231 g/mol. The first kappa shape index (κ1) is 14.6. The monoisotopic (exact) mass is 245 g/mol. The van der Waals surface area contributed by atoms with Crippen LogP contribution in [0.15, 0.2) is 0 Å². The van der Waals surface area contributed by atoms with Crippen molar-refractivity contribution in [1.82, 2.24) is 5.32 Å². The lowest BCUT2D eigenvalue weighted by Gasteiger charge is -2.21. The molecule has 0 aliphatic carbocycles. The summed E-state index contributed by atoms with van der Waals surface area (Å²) >= 11 is 5.48. The van der Waals surface area contributed by atoms with E-state index in [1.54, 1.807) is 0 Å². The fraction of sp³-hybridized carbons (Fsp3) is 0.889. The van der Waals surface area contributed by atoms with E-state index in [0.717, 1.165) is 0 Å². The van der Waals surface area contributed by atoms with E-state index in [2.05, 4.69) is 5.32 Å². The molecule has 0 saturated heterocycles. The highest BCUT2D eigenvalue weighted by Crippen LogP contribution is 2.19. The molecule has 0 radical (unpaired) electrons. The molecule has 1 N–H and O–H groups in total. The van der Waals surface area contributed by atoms with E-state index >= 15 is 0 Å². The molecule has 15 heavy (non-hydrogen) atoms. The van der Waals surface area contributed by atoms with Crippen molar-refractivity contribution in [2.45, 2.75) is 38.9 Å². The van der Waals surface area contributed by atoms with Gasteiger partial charge in [0.25, 0.3) is 0 Å². The first-order valence-corrected chi connectivity index (χ1v) is 5.21.